The van der Waals surface area contributed by atoms with Crippen molar-refractivity contribution in [3.05, 3.63) is 0 Å². The van der Waals surface area contributed by atoms with E-state index in [4.69, 9.17) is 14.2 Å². The highest BCUT2D eigenvalue weighted by Crippen LogP contribution is 2.07. The van der Waals surface area contributed by atoms with E-state index in [1.165, 1.54) is 0 Å². The molecule has 0 saturated heterocycles. The summed E-state index contributed by atoms with van der Waals surface area (Å²) in [5.41, 5.74) is -0.500. The number of ether oxygens (including phenoxy) is 3. The van der Waals surface area contributed by atoms with Gasteiger partial charge < -0.3 is 14.2 Å². The first-order valence-corrected chi connectivity index (χ1v) is 8.72. The number of rotatable bonds is 12. The second kappa shape index (κ2) is 10.9. The maximum absolute atomic E-state index is 11.3. The minimum Gasteiger partial charge on any atom is -0.458 e. The normalized spacial score (nSPS) is 12.4. The van der Waals surface area contributed by atoms with Crippen molar-refractivity contribution in [1.82, 2.24) is 0 Å². The van der Waals surface area contributed by atoms with Gasteiger partial charge in [-0.05, 0) is 40.0 Å². The highest BCUT2D eigenvalue weighted by atomic mass is 32.2. The van der Waals surface area contributed by atoms with E-state index in [0.717, 1.165) is 19.3 Å². The van der Waals surface area contributed by atoms with Crippen LogP contribution in [-0.4, -0.2) is 52.2 Å². The Labute approximate surface area is 132 Å². The molecule has 0 unspecified atom stereocenters. The molecule has 0 rings (SSSR count). The number of nitrogens with two attached hydrogens (primary N) is 1. The Morgan fingerprint density at radius 2 is 1.59 bits per heavy atom. The summed E-state index contributed by atoms with van der Waals surface area (Å²) in [5, 5.41) is 0. The van der Waals surface area contributed by atoms with E-state index in [2.05, 4.69) is 10.2 Å². The summed E-state index contributed by atoms with van der Waals surface area (Å²) in [7, 11) is -3.66. The fourth-order valence-corrected chi connectivity index (χ4v) is 1.84. The average Bonchev–Trinajstić information content (AvgIpc) is 2.39. The molecule has 22 heavy (non-hydrogen) atoms. The average molecular weight is 341 g/mol. The first-order valence-electron chi connectivity index (χ1n) is 7.15. The van der Waals surface area contributed by atoms with Crippen molar-refractivity contribution in [2.24, 2.45) is 5.90 Å². The third-order valence-corrected chi connectivity index (χ3v) is 3.30. The van der Waals surface area contributed by atoms with Crippen molar-refractivity contribution >= 4 is 16.1 Å². The van der Waals surface area contributed by atoms with Crippen LogP contribution < -0.4 is 5.90 Å². The van der Waals surface area contributed by atoms with E-state index in [0.29, 0.717) is 13.2 Å². The van der Waals surface area contributed by atoms with Gasteiger partial charge in [-0.1, -0.05) is 0 Å². The molecule has 0 bridgehead atoms. The van der Waals surface area contributed by atoms with Crippen molar-refractivity contribution < 1.29 is 31.7 Å². The highest BCUT2D eigenvalue weighted by molar-refractivity contribution is 7.86. The molecule has 0 heterocycles. The van der Waals surface area contributed by atoms with Gasteiger partial charge in [0.05, 0.1) is 6.61 Å². The second-order valence-corrected chi connectivity index (χ2v) is 7.39. The third-order valence-electron chi connectivity index (χ3n) is 2.34. The standard InChI is InChI=1S/C13H27NO7S/c1-13(2,3)20-12(15)11-19-8-6-4-5-7-18-9-10-22(16,17)21-14/h4-11,14H2,1-3H3. The molecule has 132 valence electrons. The Morgan fingerprint density at radius 1 is 1.00 bits per heavy atom. The first-order chi connectivity index (χ1) is 10.2. The van der Waals surface area contributed by atoms with E-state index in [9.17, 15) is 13.2 Å². The zero-order chi connectivity index (χ0) is 17.1. The van der Waals surface area contributed by atoms with Crippen molar-refractivity contribution in [2.75, 3.05) is 32.2 Å². The van der Waals surface area contributed by atoms with Gasteiger partial charge in [0.25, 0.3) is 10.1 Å². The van der Waals surface area contributed by atoms with Crippen LogP contribution in [0.1, 0.15) is 40.0 Å². The molecule has 9 heteroatoms. The molecule has 0 atom stereocenters. The van der Waals surface area contributed by atoms with E-state index < -0.39 is 15.7 Å². The van der Waals surface area contributed by atoms with Gasteiger partial charge in [-0.15, -0.1) is 0 Å². The zero-order valence-electron chi connectivity index (χ0n) is 13.5. The number of hydrogen-bond donors (Lipinski definition) is 1. The summed E-state index contributed by atoms with van der Waals surface area (Å²) in [4.78, 5) is 11.3. The van der Waals surface area contributed by atoms with Gasteiger partial charge in [-0.3, -0.25) is 0 Å². The summed E-state index contributed by atoms with van der Waals surface area (Å²) >= 11 is 0. The summed E-state index contributed by atoms with van der Waals surface area (Å²) in [5.74, 6) is 3.94. The van der Waals surface area contributed by atoms with E-state index in [-0.39, 0.29) is 24.9 Å². The molecular formula is C13H27NO7S. The Hall–Kier alpha value is -0.740. The maximum atomic E-state index is 11.3. The minimum absolute atomic E-state index is 0.0503. The van der Waals surface area contributed by atoms with Crippen LogP contribution in [0.2, 0.25) is 0 Å². The monoisotopic (exact) mass is 341 g/mol. The Kier molecular flexibility index (Phi) is 10.5. The summed E-state index contributed by atoms with van der Waals surface area (Å²) in [6, 6.07) is 0. The molecule has 0 radical (unpaired) electrons. The fourth-order valence-electron chi connectivity index (χ4n) is 1.42. The summed E-state index contributed by atoms with van der Waals surface area (Å²) < 4.78 is 41.0. The van der Waals surface area contributed by atoms with Crippen LogP contribution >= 0.6 is 0 Å². The topological polar surface area (TPSA) is 114 Å². The molecule has 0 aromatic carbocycles. The first kappa shape index (κ1) is 21.3. The Bertz CT molecular complexity index is 403. The van der Waals surface area contributed by atoms with E-state index >= 15 is 0 Å². The van der Waals surface area contributed by atoms with Crippen LogP contribution in [-0.2, 0) is 33.4 Å². The number of carbonyl (C=O) groups excluding carboxylic acids is 1. The lowest BCUT2D eigenvalue weighted by molar-refractivity contribution is -0.160. The van der Waals surface area contributed by atoms with Crippen LogP contribution in [0.4, 0.5) is 0 Å². The van der Waals surface area contributed by atoms with Gasteiger partial charge >= 0.3 is 5.97 Å². The molecule has 2 N–H and O–H groups in total. The van der Waals surface area contributed by atoms with Crippen molar-refractivity contribution in [3.8, 4) is 0 Å². The molecule has 0 spiro atoms. The number of unbranched alkanes of at least 4 members (excludes halogenated alkanes) is 2. The van der Waals surface area contributed by atoms with E-state index in [1.807, 2.05) is 0 Å². The molecule has 0 saturated carbocycles. The highest BCUT2D eigenvalue weighted by Gasteiger charge is 2.15. The summed E-state index contributed by atoms with van der Waals surface area (Å²) in [6.07, 6.45) is 2.42. The van der Waals surface area contributed by atoms with Gasteiger partial charge in [-0.25, -0.2) is 4.79 Å². The summed E-state index contributed by atoms with van der Waals surface area (Å²) in [6.45, 7) is 6.32. The van der Waals surface area contributed by atoms with Gasteiger partial charge in [0.15, 0.2) is 0 Å². The smallest absolute Gasteiger partial charge is 0.332 e. The number of esters is 1. The lowest BCUT2D eigenvalue weighted by Crippen LogP contribution is -2.26. The third kappa shape index (κ3) is 14.2. The maximum Gasteiger partial charge on any atom is 0.332 e. The zero-order valence-corrected chi connectivity index (χ0v) is 14.3. The molecular weight excluding hydrogens is 314 g/mol. The molecule has 0 aliphatic rings. The van der Waals surface area contributed by atoms with E-state index in [1.54, 1.807) is 20.8 Å². The van der Waals surface area contributed by atoms with Crippen LogP contribution in [0.25, 0.3) is 0 Å². The van der Waals surface area contributed by atoms with Crippen LogP contribution in [0.5, 0.6) is 0 Å². The van der Waals surface area contributed by atoms with Gasteiger partial charge in [0.1, 0.15) is 18.0 Å². The Balaban J connectivity index is 3.36. The molecule has 8 nitrogen and oxygen atoms in total. The minimum atomic E-state index is -3.66. The lowest BCUT2D eigenvalue weighted by atomic mass is 10.2. The van der Waals surface area contributed by atoms with Gasteiger partial charge in [0.2, 0.25) is 0 Å². The quantitative estimate of drug-likeness (QED) is 0.314. The van der Waals surface area contributed by atoms with Crippen LogP contribution in [0.15, 0.2) is 0 Å². The number of carbonyl (C=O) groups is 1. The lowest BCUT2D eigenvalue weighted by Gasteiger charge is -2.19. The van der Waals surface area contributed by atoms with Crippen molar-refractivity contribution in [2.45, 2.75) is 45.6 Å². The number of hydrogen-bond acceptors (Lipinski definition) is 8. The molecule has 0 aliphatic carbocycles. The van der Waals surface area contributed by atoms with Gasteiger partial charge in [-0.2, -0.15) is 18.6 Å². The predicted octanol–water partition coefficient (Wildman–Crippen LogP) is 0.752. The van der Waals surface area contributed by atoms with Crippen molar-refractivity contribution in [1.29, 1.82) is 0 Å². The molecule has 0 aliphatic heterocycles. The van der Waals surface area contributed by atoms with Crippen LogP contribution in [0.3, 0.4) is 0 Å². The molecule has 0 amide bonds. The fraction of sp³-hybridized carbons (Fsp3) is 0.923. The van der Waals surface area contributed by atoms with Gasteiger partial charge in [0, 0.05) is 13.2 Å². The van der Waals surface area contributed by atoms with Crippen molar-refractivity contribution in [3.63, 3.8) is 0 Å². The van der Waals surface area contributed by atoms with Crippen LogP contribution in [0, 0.1) is 0 Å². The predicted molar refractivity (Wildman–Crippen MR) is 80.4 cm³/mol. The largest absolute Gasteiger partial charge is 0.458 e. The SMILES string of the molecule is CC(C)(C)OC(=O)COCCCCCOCCS(=O)(=O)ON. The second-order valence-electron chi connectivity index (χ2n) is 5.67. The molecule has 0 aromatic heterocycles. The molecule has 0 aromatic rings. The molecule has 0 fully saturated rings. The Morgan fingerprint density at radius 3 is 2.14 bits per heavy atom.